The van der Waals surface area contributed by atoms with Crippen LogP contribution in [0.25, 0.3) is 11.0 Å². The molecular formula is C11H10O3. The molecule has 0 aliphatic heterocycles. The molecule has 0 bridgehead atoms. The second-order valence-electron chi connectivity index (χ2n) is 3.19. The SMILES string of the molecule is O=C(O)CCc1ccc2occc2c1. The lowest BCUT2D eigenvalue weighted by molar-refractivity contribution is -0.136. The van der Waals surface area contributed by atoms with Crippen molar-refractivity contribution >= 4 is 16.9 Å². The molecule has 1 aromatic heterocycles. The molecule has 14 heavy (non-hydrogen) atoms. The Hall–Kier alpha value is -1.77. The molecule has 0 aliphatic rings. The van der Waals surface area contributed by atoms with Gasteiger partial charge in [-0.3, -0.25) is 4.79 Å². The molecule has 1 heterocycles. The van der Waals surface area contributed by atoms with Crippen LogP contribution in [0.15, 0.2) is 34.9 Å². The monoisotopic (exact) mass is 190 g/mol. The average molecular weight is 190 g/mol. The largest absolute Gasteiger partial charge is 0.481 e. The van der Waals surface area contributed by atoms with Crippen LogP contribution >= 0.6 is 0 Å². The number of hydrogen-bond donors (Lipinski definition) is 1. The Morgan fingerprint density at radius 1 is 1.36 bits per heavy atom. The first-order valence-corrected chi connectivity index (χ1v) is 4.43. The second-order valence-corrected chi connectivity index (χ2v) is 3.19. The van der Waals surface area contributed by atoms with Crippen LogP contribution in [-0.4, -0.2) is 11.1 Å². The van der Waals surface area contributed by atoms with Crippen molar-refractivity contribution in [3.05, 3.63) is 36.1 Å². The summed E-state index contributed by atoms with van der Waals surface area (Å²) in [6.45, 7) is 0. The standard InChI is InChI=1S/C11H10O3/c12-11(13)4-2-8-1-3-10-9(7-8)5-6-14-10/h1,3,5-7H,2,4H2,(H,12,13). The molecule has 0 spiro atoms. The minimum absolute atomic E-state index is 0.170. The van der Waals surface area contributed by atoms with Crippen molar-refractivity contribution in [2.45, 2.75) is 12.8 Å². The predicted molar refractivity (Wildman–Crippen MR) is 52.2 cm³/mol. The molecular weight excluding hydrogens is 180 g/mol. The van der Waals surface area contributed by atoms with Crippen LogP contribution in [-0.2, 0) is 11.2 Å². The first-order chi connectivity index (χ1) is 6.75. The van der Waals surface area contributed by atoms with Crippen molar-refractivity contribution in [2.24, 2.45) is 0 Å². The van der Waals surface area contributed by atoms with E-state index in [0.29, 0.717) is 6.42 Å². The zero-order valence-electron chi connectivity index (χ0n) is 7.56. The zero-order valence-corrected chi connectivity index (χ0v) is 7.56. The van der Waals surface area contributed by atoms with Gasteiger partial charge in [-0.2, -0.15) is 0 Å². The third-order valence-electron chi connectivity index (χ3n) is 2.14. The average Bonchev–Trinajstić information content (AvgIpc) is 2.61. The molecule has 0 saturated carbocycles. The minimum Gasteiger partial charge on any atom is -0.481 e. The van der Waals surface area contributed by atoms with E-state index in [9.17, 15) is 4.79 Å². The van der Waals surface area contributed by atoms with Gasteiger partial charge in [-0.15, -0.1) is 0 Å². The Morgan fingerprint density at radius 3 is 3.00 bits per heavy atom. The molecule has 0 amide bonds. The summed E-state index contributed by atoms with van der Waals surface area (Å²) in [7, 11) is 0. The van der Waals surface area contributed by atoms with E-state index >= 15 is 0 Å². The molecule has 2 rings (SSSR count). The maximum atomic E-state index is 10.4. The van der Waals surface area contributed by atoms with Gasteiger partial charge in [0.1, 0.15) is 5.58 Å². The van der Waals surface area contributed by atoms with Crippen LogP contribution in [0.3, 0.4) is 0 Å². The van der Waals surface area contributed by atoms with Gasteiger partial charge in [0.25, 0.3) is 0 Å². The summed E-state index contributed by atoms with van der Waals surface area (Å²) in [5, 5.41) is 9.55. The quantitative estimate of drug-likeness (QED) is 0.808. The predicted octanol–water partition coefficient (Wildman–Crippen LogP) is 2.45. The van der Waals surface area contributed by atoms with Gasteiger partial charge in [0.15, 0.2) is 0 Å². The summed E-state index contributed by atoms with van der Waals surface area (Å²) in [5.41, 5.74) is 1.87. The van der Waals surface area contributed by atoms with E-state index in [-0.39, 0.29) is 6.42 Å². The number of fused-ring (bicyclic) bond motifs is 1. The van der Waals surface area contributed by atoms with E-state index < -0.39 is 5.97 Å². The highest BCUT2D eigenvalue weighted by Crippen LogP contribution is 2.17. The molecule has 1 N–H and O–H groups in total. The van der Waals surface area contributed by atoms with E-state index in [1.807, 2.05) is 24.3 Å². The van der Waals surface area contributed by atoms with Gasteiger partial charge in [-0.05, 0) is 30.2 Å². The second kappa shape index (κ2) is 3.54. The smallest absolute Gasteiger partial charge is 0.303 e. The number of carboxylic acids is 1. The van der Waals surface area contributed by atoms with Crippen LogP contribution < -0.4 is 0 Å². The third kappa shape index (κ3) is 1.76. The molecule has 3 nitrogen and oxygen atoms in total. The molecule has 1 aromatic carbocycles. The van der Waals surface area contributed by atoms with Crippen molar-refractivity contribution in [1.82, 2.24) is 0 Å². The Kier molecular flexibility index (Phi) is 2.23. The fourth-order valence-corrected chi connectivity index (χ4v) is 1.42. The van der Waals surface area contributed by atoms with Gasteiger partial charge in [-0.25, -0.2) is 0 Å². The maximum Gasteiger partial charge on any atom is 0.303 e. The first kappa shape index (κ1) is 8.81. The molecule has 0 unspecified atom stereocenters. The highest BCUT2D eigenvalue weighted by atomic mass is 16.4. The third-order valence-corrected chi connectivity index (χ3v) is 2.14. The number of benzene rings is 1. The van der Waals surface area contributed by atoms with Crippen LogP contribution in [0.1, 0.15) is 12.0 Å². The summed E-state index contributed by atoms with van der Waals surface area (Å²) < 4.78 is 5.18. The van der Waals surface area contributed by atoms with Gasteiger partial charge in [0.05, 0.1) is 6.26 Å². The molecule has 72 valence electrons. The topological polar surface area (TPSA) is 50.4 Å². The fourth-order valence-electron chi connectivity index (χ4n) is 1.42. The van der Waals surface area contributed by atoms with Gasteiger partial charge >= 0.3 is 5.97 Å². The number of furan rings is 1. The Bertz CT molecular complexity index is 456. The van der Waals surface area contributed by atoms with E-state index in [0.717, 1.165) is 16.5 Å². The van der Waals surface area contributed by atoms with Gasteiger partial charge < -0.3 is 9.52 Å². The lowest BCUT2D eigenvalue weighted by atomic mass is 10.1. The van der Waals surface area contributed by atoms with E-state index in [4.69, 9.17) is 9.52 Å². The number of rotatable bonds is 3. The zero-order chi connectivity index (χ0) is 9.97. The maximum absolute atomic E-state index is 10.4. The number of carboxylic acid groups (broad SMARTS) is 1. The number of carbonyl (C=O) groups is 1. The summed E-state index contributed by atoms with van der Waals surface area (Å²) in [6, 6.07) is 7.60. The lowest BCUT2D eigenvalue weighted by Crippen LogP contribution is -1.96. The fraction of sp³-hybridized carbons (Fsp3) is 0.182. The Balaban J connectivity index is 2.21. The number of aliphatic carboxylic acids is 1. The summed E-state index contributed by atoms with van der Waals surface area (Å²) in [5.74, 6) is -0.766. The highest BCUT2D eigenvalue weighted by Gasteiger charge is 2.01. The van der Waals surface area contributed by atoms with Gasteiger partial charge in [0, 0.05) is 11.8 Å². The molecule has 0 saturated heterocycles. The van der Waals surface area contributed by atoms with Crippen molar-refractivity contribution in [3.8, 4) is 0 Å². The van der Waals surface area contributed by atoms with Crippen molar-refractivity contribution in [3.63, 3.8) is 0 Å². The number of aryl methyl sites for hydroxylation is 1. The molecule has 0 radical (unpaired) electrons. The van der Waals surface area contributed by atoms with Crippen LogP contribution in [0.5, 0.6) is 0 Å². The lowest BCUT2D eigenvalue weighted by Gasteiger charge is -1.97. The summed E-state index contributed by atoms with van der Waals surface area (Å²) in [4.78, 5) is 10.4. The molecule has 0 fully saturated rings. The Labute approximate surface area is 81.0 Å². The van der Waals surface area contributed by atoms with Crippen LogP contribution in [0.4, 0.5) is 0 Å². The summed E-state index contributed by atoms with van der Waals surface area (Å²) in [6.07, 6.45) is 2.37. The van der Waals surface area contributed by atoms with Gasteiger partial charge in [0.2, 0.25) is 0 Å². The molecule has 2 aromatic rings. The van der Waals surface area contributed by atoms with Crippen LogP contribution in [0, 0.1) is 0 Å². The molecule has 0 aliphatic carbocycles. The van der Waals surface area contributed by atoms with E-state index in [1.54, 1.807) is 6.26 Å². The first-order valence-electron chi connectivity index (χ1n) is 4.43. The molecule has 0 atom stereocenters. The normalized spacial score (nSPS) is 10.6. The minimum atomic E-state index is -0.766. The van der Waals surface area contributed by atoms with Gasteiger partial charge in [-0.1, -0.05) is 6.07 Å². The Morgan fingerprint density at radius 2 is 2.21 bits per heavy atom. The van der Waals surface area contributed by atoms with Crippen molar-refractivity contribution in [1.29, 1.82) is 0 Å². The van der Waals surface area contributed by atoms with E-state index in [2.05, 4.69) is 0 Å². The van der Waals surface area contributed by atoms with Crippen molar-refractivity contribution in [2.75, 3.05) is 0 Å². The van der Waals surface area contributed by atoms with Crippen molar-refractivity contribution < 1.29 is 14.3 Å². The number of hydrogen-bond acceptors (Lipinski definition) is 2. The molecule has 3 heteroatoms. The highest BCUT2D eigenvalue weighted by molar-refractivity contribution is 5.77. The van der Waals surface area contributed by atoms with E-state index in [1.165, 1.54) is 0 Å². The van der Waals surface area contributed by atoms with Crippen LogP contribution in [0.2, 0.25) is 0 Å². The summed E-state index contributed by atoms with van der Waals surface area (Å²) >= 11 is 0.